The minimum atomic E-state index is -0.354. The molecule has 4 aromatic rings. The zero-order valence-corrected chi connectivity index (χ0v) is 17.8. The molecule has 158 valence electrons. The van der Waals surface area contributed by atoms with Gasteiger partial charge in [0.25, 0.3) is 0 Å². The second kappa shape index (κ2) is 9.45. The van der Waals surface area contributed by atoms with Gasteiger partial charge < -0.3 is 19.5 Å². The monoisotopic (exact) mass is 415 g/mol. The van der Waals surface area contributed by atoms with E-state index < -0.39 is 0 Å². The maximum atomic E-state index is 5.76. The zero-order valence-electron chi connectivity index (χ0n) is 17.8. The Kier molecular flexibility index (Phi) is 6.29. The third kappa shape index (κ3) is 4.44. The first-order valence-electron chi connectivity index (χ1n) is 10.0. The molecule has 1 atom stereocenters. The minimum Gasteiger partial charge on any atom is -0.493 e. The van der Waals surface area contributed by atoms with Gasteiger partial charge in [-0.2, -0.15) is 0 Å². The average Bonchev–Trinajstić information content (AvgIpc) is 2.83. The summed E-state index contributed by atoms with van der Waals surface area (Å²) < 4.78 is 16.5. The molecule has 0 saturated carbocycles. The number of nitrogens with zero attached hydrogens (tertiary/aromatic N) is 2. The number of aromatic nitrogens is 2. The van der Waals surface area contributed by atoms with Gasteiger partial charge in [-0.05, 0) is 35.4 Å². The number of anilines is 1. The van der Waals surface area contributed by atoms with Crippen molar-refractivity contribution in [2.45, 2.75) is 12.6 Å². The van der Waals surface area contributed by atoms with E-state index in [-0.39, 0.29) is 6.10 Å². The molecular formula is C25H25N3O3. The van der Waals surface area contributed by atoms with Crippen LogP contribution in [0.2, 0.25) is 0 Å². The normalized spacial score (nSPS) is 11.8. The SMILES string of the molecule is COc1ccc(CNc2nc(C(OC)c3ccccc3)nc3ccccc23)cc1OC. The number of benzene rings is 3. The fraction of sp³-hybridized carbons (Fsp3) is 0.200. The van der Waals surface area contributed by atoms with Gasteiger partial charge in [0.2, 0.25) is 0 Å². The van der Waals surface area contributed by atoms with Crippen molar-refractivity contribution in [3.05, 3.63) is 89.7 Å². The van der Waals surface area contributed by atoms with E-state index in [1.165, 1.54) is 0 Å². The van der Waals surface area contributed by atoms with Crippen molar-refractivity contribution < 1.29 is 14.2 Å². The molecule has 1 unspecified atom stereocenters. The fourth-order valence-electron chi connectivity index (χ4n) is 3.54. The summed E-state index contributed by atoms with van der Waals surface area (Å²) in [5.74, 6) is 2.76. The van der Waals surface area contributed by atoms with Crippen molar-refractivity contribution in [1.29, 1.82) is 0 Å². The van der Waals surface area contributed by atoms with Crippen molar-refractivity contribution in [3.8, 4) is 11.5 Å². The Balaban J connectivity index is 1.68. The third-order valence-corrected chi connectivity index (χ3v) is 5.10. The number of hydrogen-bond acceptors (Lipinski definition) is 6. The molecular weight excluding hydrogens is 390 g/mol. The van der Waals surface area contributed by atoms with Crippen LogP contribution in [0.4, 0.5) is 5.82 Å². The molecule has 0 aliphatic carbocycles. The van der Waals surface area contributed by atoms with Gasteiger partial charge in [-0.3, -0.25) is 0 Å². The molecule has 0 aliphatic rings. The van der Waals surface area contributed by atoms with Crippen LogP contribution < -0.4 is 14.8 Å². The van der Waals surface area contributed by atoms with Gasteiger partial charge in [0.05, 0.1) is 19.7 Å². The van der Waals surface area contributed by atoms with Gasteiger partial charge in [-0.15, -0.1) is 0 Å². The summed E-state index contributed by atoms with van der Waals surface area (Å²) in [6.07, 6.45) is -0.354. The topological polar surface area (TPSA) is 65.5 Å². The Morgan fingerprint density at radius 3 is 2.29 bits per heavy atom. The number of hydrogen-bond donors (Lipinski definition) is 1. The lowest BCUT2D eigenvalue weighted by Gasteiger charge is -2.17. The van der Waals surface area contributed by atoms with Gasteiger partial charge in [0, 0.05) is 19.0 Å². The highest BCUT2D eigenvalue weighted by Crippen LogP contribution is 2.30. The van der Waals surface area contributed by atoms with Crippen LogP contribution in [0.25, 0.3) is 10.9 Å². The smallest absolute Gasteiger partial charge is 0.164 e. The first kappa shape index (κ1) is 20.6. The lowest BCUT2D eigenvalue weighted by atomic mass is 10.1. The fourth-order valence-corrected chi connectivity index (χ4v) is 3.54. The second-order valence-corrected chi connectivity index (χ2v) is 7.02. The van der Waals surface area contributed by atoms with E-state index in [9.17, 15) is 0 Å². The van der Waals surface area contributed by atoms with E-state index in [1.807, 2.05) is 72.8 Å². The number of methoxy groups -OCH3 is 3. The van der Waals surface area contributed by atoms with E-state index in [0.717, 1.165) is 27.8 Å². The van der Waals surface area contributed by atoms with E-state index >= 15 is 0 Å². The molecule has 0 saturated heterocycles. The largest absolute Gasteiger partial charge is 0.493 e. The highest BCUT2D eigenvalue weighted by Gasteiger charge is 2.19. The number of ether oxygens (including phenoxy) is 3. The molecule has 31 heavy (non-hydrogen) atoms. The van der Waals surface area contributed by atoms with E-state index in [0.29, 0.717) is 23.9 Å². The lowest BCUT2D eigenvalue weighted by Crippen LogP contribution is -2.11. The summed E-state index contributed by atoms with van der Waals surface area (Å²) in [5.41, 5.74) is 2.92. The van der Waals surface area contributed by atoms with E-state index in [1.54, 1.807) is 21.3 Å². The Hall–Kier alpha value is -3.64. The zero-order chi connectivity index (χ0) is 21.6. The van der Waals surface area contributed by atoms with Gasteiger partial charge in [0.1, 0.15) is 11.9 Å². The second-order valence-electron chi connectivity index (χ2n) is 7.02. The van der Waals surface area contributed by atoms with Crippen LogP contribution in [0.5, 0.6) is 11.5 Å². The number of nitrogens with one attached hydrogen (secondary N) is 1. The highest BCUT2D eigenvalue weighted by molar-refractivity contribution is 5.89. The summed E-state index contributed by atoms with van der Waals surface area (Å²) in [7, 11) is 4.93. The van der Waals surface area contributed by atoms with E-state index in [2.05, 4.69) is 5.32 Å². The van der Waals surface area contributed by atoms with Crippen molar-refractivity contribution >= 4 is 16.7 Å². The average molecular weight is 415 g/mol. The molecule has 3 aromatic carbocycles. The summed E-state index contributed by atoms with van der Waals surface area (Å²) in [6.45, 7) is 0.573. The van der Waals surface area contributed by atoms with Crippen LogP contribution in [-0.4, -0.2) is 31.3 Å². The molecule has 4 rings (SSSR count). The number of rotatable bonds is 8. The first-order valence-corrected chi connectivity index (χ1v) is 10.0. The lowest BCUT2D eigenvalue weighted by molar-refractivity contribution is 0.129. The molecule has 0 radical (unpaired) electrons. The Morgan fingerprint density at radius 1 is 0.806 bits per heavy atom. The first-order chi connectivity index (χ1) is 15.2. The summed E-state index contributed by atoms with van der Waals surface area (Å²) in [6, 6.07) is 23.8. The van der Waals surface area contributed by atoms with Crippen LogP contribution in [0, 0.1) is 0 Å². The third-order valence-electron chi connectivity index (χ3n) is 5.10. The van der Waals surface area contributed by atoms with Gasteiger partial charge in [0.15, 0.2) is 17.3 Å². The standard InChI is InChI=1S/C25H25N3O3/c1-29-21-14-13-17(15-22(21)30-2)16-26-24-19-11-7-8-12-20(19)27-25(28-24)23(31-3)18-9-5-4-6-10-18/h4-15,23H,16H2,1-3H3,(H,26,27,28). The van der Waals surface area contributed by atoms with Gasteiger partial charge in [-0.25, -0.2) is 9.97 Å². The van der Waals surface area contributed by atoms with Crippen LogP contribution >= 0.6 is 0 Å². The summed E-state index contributed by atoms with van der Waals surface area (Å²) in [4.78, 5) is 9.61. The molecule has 6 nitrogen and oxygen atoms in total. The molecule has 1 heterocycles. The Morgan fingerprint density at radius 2 is 1.55 bits per heavy atom. The molecule has 0 aliphatic heterocycles. The van der Waals surface area contributed by atoms with Gasteiger partial charge >= 0.3 is 0 Å². The van der Waals surface area contributed by atoms with Crippen molar-refractivity contribution in [2.24, 2.45) is 0 Å². The van der Waals surface area contributed by atoms with Crippen LogP contribution in [0.3, 0.4) is 0 Å². The molecule has 0 amide bonds. The molecule has 1 aromatic heterocycles. The Labute approximate surface area is 181 Å². The molecule has 0 spiro atoms. The van der Waals surface area contributed by atoms with Crippen LogP contribution in [0.15, 0.2) is 72.8 Å². The van der Waals surface area contributed by atoms with Crippen LogP contribution in [-0.2, 0) is 11.3 Å². The summed E-state index contributed by atoms with van der Waals surface area (Å²) >= 11 is 0. The maximum Gasteiger partial charge on any atom is 0.164 e. The molecule has 0 bridgehead atoms. The predicted molar refractivity (Wildman–Crippen MR) is 122 cm³/mol. The van der Waals surface area contributed by atoms with Gasteiger partial charge in [-0.1, -0.05) is 48.5 Å². The summed E-state index contributed by atoms with van der Waals surface area (Å²) in [5, 5.41) is 4.41. The Bertz CT molecular complexity index is 1170. The molecule has 1 N–H and O–H groups in total. The van der Waals surface area contributed by atoms with Crippen molar-refractivity contribution in [3.63, 3.8) is 0 Å². The minimum absolute atomic E-state index is 0.354. The number of fused-ring (bicyclic) bond motifs is 1. The molecule has 0 fully saturated rings. The van der Waals surface area contributed by atoms with Crippen LogP contribution in [0.1, 0.15) is 23.1 Å². The predicted octanol–water partition coefficient (Wildman–Crippen LogP) is 4.99. The van der Waals surface area contributed by atoms with E-state index in [4.69, 9.17) is 24.2 Å². The quantitative estimate of drug-likeness (QED) is 0.437. The molecule has 6 heteroatoms. The maximum absolute atomic E-state index is 5.76. The number of para-hydroxylation sites is 1. The van der Waals surface area contributed by atoms with Crippen molar-refractivity contribution in [1.82, 2.24) is 9.97 Å². The van der Waals surface area contributed by atoms with Crippen molar-refractivity contribution in [2.75, 3.05) is 26.6 Å². The highest BCUT2D eigenvalue weighted by atomic mass is 16.5.